The molecule has 0 aliphatic carbocycles. The lowest BCUT2D eigenvalue weighted by Crippen LogP contribution is -2.23. The van der Waals surface area contributed by atoms with E-state index in [4.69, 9.17) is 0 Å². The minimum atomic E-state index is -0.0425. The molecule has 3 aromatic rings. The van der Waals surface area contributed by atoms with E-state index in [0.29, 0.717) is 22.6 Å². The Morgan fingerprint density at radius 2 is 1.96 bits per heavy atom. The summed E-state index contributed by atoms with van der Waals surface area (Å²) in [5.74, 6) is 0.320. The van der Waals surface area contributed by atoms with E-state index in [9.17, 15) is 9.59 Å². The fraction of sp³-hybridized carbons (Fsp3) is 0.350. The summed E-state index contributed by atoms with van der Waals surface area (Å²) >= 11 is 1.34. The number of aryl methyl sites for hydroxylation is 1. The molecule has 0 atom stereocenters. The molecule has 3 rings (SSSR count). The molecule has 0 bridgehead atoms. The summed E-state index contributed by atoms with van der Waals surface area (Å²) < 4.78 is 3.70. The summed E-state index contributed by atoms with van der Waals surface area (Å²) in [4.78, 5) is 30.1. The highest BCUT2D eigenvalue weighted by Crippen LogP contribution is 2.21. The molecular weight excluding hydrogens is 346 g/mol. The van der Waals surface area contributed by atoms with E-state index in [2.05, 4.69) is 4.98 Å². The van der Waals surface area contributed by atoms with Crippen molar-refractivity contribution >= 4 is 28.4 Å². The highest BCUT2D eigenvalue weighted by atomic mass is 32.2. The molecule has 0 amide bonds. The van der Waals surface area contributed by atoms with Crippen molar-refractivity contribution in [2.24, 2.45) is 7.05 Å². The Bertz CT molecular complexity index is 1030. The summed E-state index contributed by atoms with van der Waals surface area (Å²) in [6, 6.07) is 9.27. The highest BCUT2D eigenvalue weighted by Gasteiger charge is 2.17. The average Bonchev–Trinajstić information content (AvgIpc) is 2.90. The van der Waals surface area contributed by atoms with E-state index < -0.39 is 0 Å². The maximum absolute atomic E-state index is 12.8. The zero-order valence-electron chi connectivity index (χ0n) is 15.6. The minimum absolute atomic E-state index is 0.0425. The maximum Gasteiger partial charge on any atom is 0.262 e. The first-order valence-electron chi connectivity index (χ1n) is 8.72. The molecule has 136 valence electrons. The van der Waals surface area contributed by atoms with Crippen LogP contribution < -0.4 is 5.56 Å². The quantitative estimate of drug-likeness (QED) is 0.377. The monoisotopic (exact) mass is 369 g/mol. The number of hydrogen-bond acceptors (Lipinski definition) is 4. The Labute approximate surface area is 157 Å². The van der Waals surface area contributed by atoms with Crippen LogP contribution >= 0.6 is 11.8 Å². The van der Waals surface area contributed by atoms with Crippen LogP contribution in [0.15, 0.2) is 40.3 Å². The second-order valence-corrected chi connectivity index (χ2v) is 7.37. The van der Waals surface area contributed by atoms with Gasteiger partial charge in [-0.1, -0.05) is 30.8 Å². The Kier molecular flexibility index (Phi) is 5.32. The fourth-order valence-corrected chi connectivity index (χ4v) is 3.93. The zero-order chi connectivity index (χ0) is 18.8. The number of thioether (sulfide) groups is 1. The van der Waals surface area contributed by atoms with Gasteiger partial charge in [-0.2, -0.15) is 0 Å². The lowest BCUT2D eigenvalue weighted by Gasteiger charge is -2.12. The lowest BCUT2D eigenvalue weighted by atomic mass is 10.2. The summed E-state index contributed by atoms with van der Waals surface area (Å²) in [7, 11) is 1.96. The average molecular weight is 369 g/mol. The third-order valence-corrected chi connectivity index (χ3v) is 5.66. The van der Waals surface area contributed by atoms with Crippen LogP contribution in [0.25, 0.3) is 10.9 Å². The number of carbonyl (C=O) groups is 1. The van der Waals surface area contributed by atoms with Crippen LogP contribution in [-0.2, 0) is 13.6 Å². The van der Waals surface area contributed by atoms with Gasteiger partial charge in [-0.25, -0.2) is 4.98 Å². The summed E-state index contributed by atoms with van der Waals surface area (Å²) in [5, 5.41) is 1.22. The molecule has 0 fully saturated rings. The van der Waals surface area contributed by atoms with E-state index >= 15 is 0 Å². The summed E-state index contributed by atoms with van der Waals surface area (Å²) in [5.41, 5.74) is 3.39. The third-order valence-electron chi connectivity index (χ3n) is 4.68. The highest BCUT2D eigenvalue weighted by molar-refractivity contribution is 7.99. The van der Waals surface area contributed by atoms with Gasteiger partial charge >= 0.3 is 0 Å². The summed E-state index contributed by atoms with van der Waals surface area (Å²) in [6.45, 7) is 6.56. The van der Waals surface area contributed by atoms with Crippen molar-refractivity contribution in [2.75, 3.05) is 5.75 Å². The first-order valence-corrected chi connectivity index (χ1v) is 9.71. The number of benzene rings is 1. The second-order valence-electron chi connectivity index (χ2n) is 6.42. The number of fused-ring (bicyclic) bond motifs is 1. The van der Waals surface area contributed by atoms with E-state index in [0.717, 1.165) is 23.4 Å². The van der Waals surface area contributed by atoms with Crippen LogP contribution in [0.3, 0.4) is 0 Å². The standard InChI is InChI=1S/C20H23N3O2S/c1-5-10-23-19(25)15-8-6-7-9-17(15)21-20(23)26-12-18(24)16-11-13(2)22(4)14(16)3/h6-9,11H,5,10,12H2,1-4H3. The number of Topliss-reactive ketones (excluding diaryl/α,β-unsaturated/α-hetero) is 1. The van der Waals surface area contributed by atoms with Crippen LogP contribution in [0.2, 0.25) is 0 Å². The van der Waals surface area contributed by atoms with Crippen molar-refractivity contribution in [1.29, 1.82) is 0 Å². The van der Waals surface area contributed by atoms with E-state index in [-0.39, 0.29) is 17.1 Å². The molecule has 0 aliphatic rings. The van der Waals surface area contributed by atoms with Crippen molar-refractivity contribution in [1.82, 2.24) is 14.1 Å². The Balaban J connectivity index is 1.92. The summed E-state index contributed by atoms with van der Waals surface area (Å²) in [6.07, 6.45) is 0.832. The first kappa shape index (κ1) is 18.5. The van der Waals surface area contributed by atoms with Crippen molar-refractivity contribution in [3.63, 3.8) is 0 Å². The van der Waals surface area contributed by atoms with Crippen LogP contribution in [0.4, 0.5) is 0 Å². The molecular formula is C20H23N3O2S. The number of ketones is 1. The second kappa shape index (κ2) is 7.50. The Hall–Kier alpha value is -2.34. The van der Waals surface area contributed by atoms with Crippen molar-refractivity contribution in [3.05, 3.63) is 57.6 Å². The molecule has 0 spiro atoms. The van der Waals surface area contributed by atoms with Crippen LogP contribution in [-0.4, -0.2) is 25.7 Å². The van der Waals surface area contributed by atoms with Gasteiger partial charge < -0.3 is 4.57 Å². The molecule has 0 N–H and O–H groups in total. The lowest BCUT2D eigenvalue weighted by molar-refractivity contribution is 0.102. The normalized spacial score (nSPS) is 11.2. The molecule has 0 unspecified atom stereocenters. The van der Waals surface area contributed by atoms with Crippen molar-refractivity contribution < 1.29 is 4.79 Å². The van der Waals surface area contributed by atoms with E-state index in [1.165, 1.54) is 11.8 Å². The van der Waals surface area contributed by atoms with Gasteiger partial charge in [0.1, 0.15) is 0 Å². The third kappa shape index (κ3) is 3.33. The maximum atomic E-state index is 12.8. The van der Waals surface area contributed by atoms with Gasteiger partial charge in [0.2, 0.25) is 0 Å². The minimum Gasteiger partial charge on any atom is -0.351 e. The SMILES string of the molecule is CCCn1c(SCC(=O)c2cc(C)n(C)c2C)nc2ccccc2c1=O. The van der Waals surface area contributed by atoms with Crippen LogP contribution in [0, 0.1) is 13.8 Å². The largest absolute Gasteiger partial charge is 0.351 e. The predicted octanol–water partition coefficient (Wildman–Crippen LogP) is 3.74. The number of nitrogens with zero attached hydrogens (tertiary/aromatic N) is 3. The molecule has 26 heavy (non-hydrogen) atoms. The molecule has 5 nitrogen and oxygen atoms in total. The Morgan fingerprint density at radius 1 is 1.23 bits per heavy atom. The number of aromatic nitrogens is 3. The van der Waals surface area contributed by atoms with Gasteiger partial charge in [-0.05, 0) is 38.5 Å². The van der Waals surface area contributed by atoms with Crippen LogP contribution in [0.1, 0.15) is 35.1 Å². The molecule has 0 radical (unpaired) electrons. The van der Waals surface area contributed by atoms with Gasteiger partial charge in [0.05, 0.1) is 16.7 Å². The van der Waals surface area contributed by atoms with Crippen molar-refractivity contribution in [2.45, 2.75) is 38.9 Å². The number of hydrogen-bond donors (Lipinski definition) is 0. The van der Waals surface area contributed by atoms with Gasteiger partial charge in [-0.3, -0.25) is 14.2 Å². The topological polar surface area (TPSA) is 56.9 Å². The predicted molar refractivity (Wildman–Crippen MR) is 106 cm³/mol. The molecule has 0 aliphatic heterocycles. The van der Waals surface area contributed by atoms with E-state index in [1.807, 2.05) is 56.7 Å². The first-order chi connectivity index (χ1) is 12.4. The fourth-order valence-electron chi connectivity index (χ4n) is 3.02. The molecule has 6 heteroatoms. The molecule has 0 saturated carbocycles. The van der Waals surface area contributed by atoms with Crippen LogP contribution in [0.5, 0.6) is 0 Å². The van der Waals surface area contributed by atoms with Gasteiger partial charge in [0.25, 0.3) is 5.56 Å². The van der Waals surface area contributed by atoms with Gasteiger partial charge in [0, 0.05) is 30.5 Å². The van der Waals surface area contributed by atoms with Crippen molar-refractivity contribution in [3.8, 4) is 0 Å². The molecule has 2 aromatic heterocycles. The molecule has 0 saturated heterocycles. The van der Waals surface area contributed by atoms with Gasteiger partial charge in [0.15, 0.2) is 10.9 Å². The number of para-hydroxylation sites is 1. The molecule has 2 heterocycles. The number of carbonyl (C=O) groups excluding carboxylic acids is 1. The van der Waals surface area contributed by atoms with E-state index in [1.54, 1.807) is 10.6 Å². The Morgan fingerprint density at radius 3 is 2.62 bits per heavy atom. The smallest absolute Gasteiger partial charge is 0.262 e. The van der Waals surface area contributed by atoms with Gasteiger partial charge in [-0.15, -0.1) is 0 Å². The zero-order valence-corrected chi connectivity index (χ0v) is 16.4. The molecule has 1 aromatic carbocycles. The number of rotatable bonds is 6.